The third kappa shape index (κ3) is 3.52. The van der Waals surface area contributed by atoms with Gasteiger partial charge in [0.25, 0.3) is 5.91 Å². The molecule has 1 aliphatic rings. The number of fused-ring (bicyclic) bond motifs is 1. The van der Waals surface area contributed by atoms with Crippen LogP contribution in [0, 0.1) is 0 Å². The van der Waals surface area contributed by atoms with E-state index in [2.05, 4.69) is 10.6 Å². The number of rotatable bonds is 5. The second kappa shape index (κ2) is 7.84. The average Bonchev–Trinajstić information content (AvgIpc) is 2.97. The van der Waals surface area contributed by atoms with Crippen LogP contribution in [0.4, 0.5) is 10.5 Å². The molecule has 30 heavy (non-hydrogen) atoms. The number of imide groups is 1. The van der Waals surface area contributed by atoms with Crippen molar-refractivity contribution in [3.8, 4) is 0 Å². The first-order chi connectivity index (χ1) is 14.4. The summed E-state index contributed by atoms with van der Waals surface area (Å²) in [6.07, 6.45) is 1.97. The van der Waals surface area contributed by atoms with Crippen LogP contribution < -0.4 is 10.6 Å². The van der Waals surface area contributed by atoms with Crippen molar-refractivity contribution in [1.29, 1.82) is 0 Å². The van der Waals surface area contributed by atoms with Crippen molar-refractivity contribution in [2.45, 2.75) is 17.4 Å². The van der Waals surface area contributed by atoms with Crippen LogP contribution in [-0.4, -0.2) is 35.5 Å². The Morgan fingerprint density at radius 3 is 2.47 bits per heavy atom. The number of anilines is 1. The maximum absolute atomic E-state index is 13.2. The standard InChI is InChI=1S/C23H21N3O3S/c1-23(19-9-5-7-15-6-3-4-8-18(15)19)21(28)26(22(29)25-23)14-20(27)24-16-10-12-17(30-2)13-11-16/h3-13H,14H2,1-2H3,(H,24,27)(H,25,29). The molecule has 6 nitrogen and oxygen atoms in total. The zero-order valence-corrected chi connectivity index (χ0v) is 17.5. The van der Waals surface area contributed by atoms with Gasteiger partial charge in [-0.05, 0) is 53.8 Å². The molecule has 1 saturated heterocycles. The van der Waals surface area contributed by atoms with Crippen LogP contribution in [0.3, 0.4) is 0 Å². The Bertz CT molecular complexity index is 1140. The van der Waals surface area contributed by atoms with Gasteiger partial charge in [-0.25, -0.2) is 4.79 Å². The van der Waals surface area contributed by atoms with Crippen molar-refractivity contribution in [3.63, 3.8) is 0 Å². The van der Waals surface area contributed by atoms with E-state index in [9.17, 15) is 14.4 Å². The lowest BCUT2D eigenvalue weighted by atomic mass is 9.88. The molecule has 0 saturated carbocycles. The molecule has 152 valence electrons. The van der Waals surface area contributed by atoms with Gasteiger partial charge >= 0.3 is 6.03 Å². The second-order valence-electron chi connectivity index (χ2n) is 7.25. The highest BCUT2D eigenvalue weighted by atomic mass is 32.2. The molecule has 3 aromatic carbocycles. The Kier molecular flexibility index (Phi) is 5.22. The predicted octanol–water partition coefficient (Wildman–Crippen LogP) is 3.97. The number of urea groups is 1. The number of nitrogens with zero attached hydrogens (tertiary/aromatic N) is 1. The summed E-state index contributed by atoms with van der Waals surface area (Å²) in [5.74, 6) is -0.880. The van der Waals surface area contributed by atoms with Crippen LogP contribution in [0.1, 0.15) is 12.5 Å². The molecule has 3 aromatic rings. The van der Waals surface area contributed by atoms with Gasteiger partial charge in [0.15, 0.2) is 0 Å². The number of hydrogen-bond acceptors (Lipinski definition) is 4. The molecule has 1 aliphatic heterocycles. The molecule has 0 radical (unpaired) electrons. The first-order valence-electron chi connectivity index (χ1n) is 9.48. The van der Waals surface area contributed by atoms with Crippen LogP contribution in [0.2, 0.25) is 0 Å². The summed E-state index contributed by atoms with van der Waals surface area (Å²) in [5.41, 5.74) is 0.0780. The van der Waals surface area contributed by atoms with Crippen LogP contribution in [0.5, 0.6) is 0 Å². The zero-order valence-electron chi connectivity index (χ0n) is 16.6. The van der Waals surface area contributed by atoms with Gasteiger partial charge in [-0.2, -0.15) is 0 Å². The number of thioether (sulfide) groups is 1. The summed E-state index contributed by atoms with van der Waals surface area (Å²) >= 11 is 1.60. The van der Waals surface area contributed by atoms with Crippen molar-refractivity contribution in [1.82, 2.24) is 10.2 Å². The smallest absolute Gasteiger partial charge is 0.325 e. The minimum atomic E-state index is -1.24. The maximum Gasteiger partial charge on any atom is 0.325 e. The number of benzene rings is 3. The summed E-state index contributed by atoms with van der Waals surface area (Å²) in [6.45, 7) is 1.32. The largest absolute Gasteiger partial charge is 0.325 e. The van der Waals surface area contributed by atoms with Gasteiger partial charge < -0.3 is 10.6 Å². The van der Waals surface area contributed by atoms with E-state index in [0.717, 1.165) is 20.6 Å². The summed E-state index contributed by atoms with van der Waals surface area (Å²) in [6, 6.07) is 20.1. The molecule has 0 aliphatic carbocycles. The molecule has 0 bridgehead atoms. The van der Waals surface area contributed by atoms with E-state index in [1.54, 1.807) is 30.8 Å². The van der Waals surface area contributed by atoms with E-state index in [1.165, 1.54) is 0 Å². The molecule has 2 N–H and O–H groups in total. The van der Waals surface area contributed by atoms with E-state index in [-0.39, 0.29) is 6.54 Å². The van der Waals surface area contributed by atoms with Gasteiger partial charge in [-0.3, -0.25) is 14.5 Å². The van der Waals surface area contributed by atoms with E-state index in [4.69, 9.17) is 0 Å². The summed E-state index contributed by atoms with van der Waals surface area (Å²) in [5, 5.41) is 7.37. The fourth-order valence-electron chi connectivity index (χ4n) is 3.70. The van der Waals surface area contributed by atoms with Gasteiger partial charge in [0, 0.05) is 10.6 Å². The van der Waals surface area contributed by atoms with Crippen LogP contribution in [-0.2, 0) is 15.1 Å². The fraction of sp³-hybridized carbons (Fsp3) is 0.174. The van der Waals surface area contributed by atoms with Gasteiger partial charge in [0.1, 0.15) is 12.1 Å². The summed E-state index contributed by atoms with van der Waals surface area (Å²) in [7, 11) is 0. The number of carbonyl (C=O) groups is 3. The molecular formula is C23H21N3O3S. The Balaban J connectivity index is 1.55. The quantitative estimate of drug-likeness (QED) is 0.485. The lowest BCUT2D eigenvalue weighted by Gasteiger charge is -2.24. The topological polar surface area (TPSA) is 78.5 Å². The SMILES string of the molecule is CSc1ccc(NC(=O)CN2C(=O)NC(C)(c3cccc4ccccc34)C2=O)cc1. The average molecular weight is 420 g/mol. The predicted molar refractivity (Wildman–Crippen MR) is 118 cm³/mol. The van der Waals surface area contributed by atoms with Gasteiger partial charge in [0.05, 0.1) is 0 Å². The zero-order chi connectivity index (χ0) is 21.3. The van der Waals surface area contributed by atoms with Gasteiger partial charge in [-0.1, -0.05) is 42.5 Å². The monoisotopic (exact) mass is 419 g/mol. The van der Waals surface area contributed by atoms with Crippen molar-refractivity contribution >= 4 is 46.1 Å². The van der Waals surface area contributed by atoms with Crippen molar-refractivity contribution < 1.29 is 14.4 Å². The molecule has 4 amide bonds. The molecule has 1 heterocycles. The summed E-state index contributed by atoms with van der Waals surface area (Å²) in [4.78, 5) is 40.3. The third-order valence-electron chi connectivity index (χ3n) is 5.28. The van der Waals surface area contributed by atoms with E-state index < -0.39 is 23.4 Å². The van der Waals surface area contributed by atoms with Crippen LogP contribution in [0.25, 0.3) is 10.8 Å². The second-order valence-corrected chi connectivity index (χ2v) is 8.13. The van der Waals surface area contributed by atoms with Gasteiger partial charge in [0.2, 0.25) is 5.91 Å². The van der Waals surface area contributed by atoms with E-state index >= 15 is 0 Å². The Hall–Kier alpha value is -3.32. The van der Waals surface area contributed by atoms with Crippen LogP contribution >= 0.6 is 11.8 Å². The van der Waals surface area contributed by atoms with Gasteiger partial charge in [-0.15, -0.1) is 11.8 Å². The molecule has 0 spiro atoms. The first kappa shape index (κ1) is 20.0. The lowest BCUT2D eigenvalue weighted by Crippen LogP contribution is -2.42. The third-order valence-corrected chi connectivity index (χ3v) is 6.02. The normalized spacial score (nSPS) is 18.5. The maximum atomic E-state index is 13.2. The molecule has 4 rings (SSSR count). The highest BCUT2D eigenvalue weighted by Gasteiger charge is 2.50. The molecule has 1 atom stereocenters. The molecule has 7 heteroatoms. The first-order valence-corrected chi connectivity index (χ1v) is 10.7. The fourth-order valence-corrected chi connectivity index (χ4v) is 4.11. The van der Waals surface area contributed by atoms with Crippen LogP contribution in [0.15, 0.2) is 71.6 Å². The molecule has 1 unspecified atom stereocenters. The minimum absolute atomic E-state index is 0.352. The molecule has 1 fully saturated rings. The number of amides is 4. The highest BCUT2D eigenvalue weighted by molar-refractivity contribution is 7.98. The molecule has 0 aromatic heterocycles. The number of hydrogen-bond donors (Lipinski definition) is 2. The lowest BCUT2D eigenvalue weighted by molar-refractivity contribution is -0.133. The summed E-state index contributed by atoms with van der Waals surface area (Å²) < 4.78 is 0. The Morgan fingerprint density at radius 1 is 1.03 bits per heavy atom. The highest BCUT2D eigenvalue weighted by Crippen LogP contribution is 2.33. The Morgan fingerprint density at radius 2 is 1.73 bits per heavy atom. The van der Waals surface area contributed by atoms with Crippen molar-refractivity contribution in [2.75, 3.05) is 18.1 Å². The Labute approximate surface area is 178 Å². The minimum Gasteiger partial charge on any atom is -0.325 e. The number of carbonyl (C=O) groups excluding carboxylic acids is 3. The van der Waals surface area contributed by atoms with E-state index in [0.29, 0.717) is 11.3 Å². The van der Waals surface area contributed by atoms with E-state index in [1.807, 2.05) is 60.9 Å². The molecular weight excluding hydrogens is 398 g/mol. The number of nitrogens with one attached hydrogen (secondary N) is 2. The van der Waals surface area contributed by atoms with Crippen molar-refractivity contribution in [3.05, 3.63) is 72.3 Å². The van der Waals surface area contributed by atoms with Crippen molar-refractivity contribution in [2.24, 2.45) is 0 Å².